The van der Waals surface area contributed by atoms with Crippen LogP contribution in [0.3, 0.4) is 0 Å². The van der Waals surface area contributed by atoms with Crippen molar-refractivity contribution in [2.45, 2.75) is 12.6 Å². The first-order chi connectivity index (χ1) is 8.22. The van der Waals surface area contributed by atoms with Crippen molar-refractivity contribution in [1.82, 2.24) is 4.90 Å². The van der Waals surface area contributed by atoms with Crippen molar-refractivity contribution in [3.8, 4) is 0 Å². The van der Waals surface area contributed by atoms with Crippen LogP contribution in [0.5, 0.6) is 0 Å². The van der Waals surface area contributed by atoms with Gasteiger partial charge in [-0.15, -0.1) is 11.6 Å². The summed E-state index contributed by atoms with van der Waals surface area (Å²) in [5.74, 6) is -0.620. The van der Waals surface area contributed by atoms with Crippen molar-refractivity contribution in [1.29, 1.82) is 0 Å². The average molecular weight is 262 g/mol. The predicted octanol–water partition coefficient (Wildman–Crippen LogP) is 2.40. The first-order valence-corrected chi connectivity index (χ1v) is 6.06. The highest BCUT2D eigenvalue weighted by Crippen LogP contribution is 2.18. The van der Waals surface area contributed by atoms with Crippen LogP contribution >= 0.6 is 11.6 Å². The van der Waals surface area contributed by atoms with Gasteiger partial charge in [0.2, 0.25) is 0 Å². The summed E-state index contributed by atoms with van der Waals surface area (Å²) in [6, 6.07) is 3.93. The molecule has 0 aliphatic carbocycles. The van der Waals surface area contributed by atoms with E-state index >= 15 is 0 Å². The topological polar surface area (TPSA) is 12.5 Å². The van der Waals surface area contributed by atoms with E-state index in [1.165, 1.54) is 18.2 Å². The number of ether oxygens (including phenoxy) is 1. The van der Waals surface area contributed by atoms with Gasteiger partial charge in [-0.05, 0) is 12.1 Å². The molecule has 1 aromatic carbocycles. The minimum atomic E-state index is -0.509. The summed E-state index contributed by atoms with van der Waals surface area (Å²) in [7, 11) is 0. The van der Waals surface area contributed by atoms with Gasteiger partial charge in [-0.25, -0.2) is 8.78 Å². The molecule has 0 N–H and O–H groups in total. The Bertz CT molecular complexity index is 369. The maximum absolute atomic E-state index is 13.5. The molecule has 1 aliphatic rings. The van der Waals surface area contributed by atoms with Gasteiger partial charge in [-0.2, -0.15) is 0 Å². The largest absolute Gasteiger partial charge is 0.378 e. The molecule has 1 aliphatic heterocycles. The van der Waals surface area contributed by atoms with E-state index < -0.39 is 11.6 Å². The standard InChI is InChI=1S/C12H14ClF2NO/c13-6-9-8-17-5-4-16(9)7-10-11(14)2-1-3-12(10)15/h1-3,9H,4-8H2. The fraction of sp³-hybridized carbons (Fsp3) is 0.500. The Hall–Kier alpha value is -0.710. The Morgan fingerprint density at radius 3 is 2.71 bits per heavy atom. The highest BCUT2D eigenvalue weighted by atomic mass is 35.5. The molecule has 1 aromatic rings. The van der Waals surface area contributed by atoms with E-state index in [9.17, 15) is 8.78 Å². The zero-order valence-corrected chi connectivity index (χ0v) is 10.1. The molecule has 2 nitrogen and oxygen atoms in total. The Labute approximate surface area is 104 Å². The number of hydrogen-bond donors (Lipinski definition) is 0. The van der Waals surface area contributed by atoms with E-state index in [1.54, 1.807) is 0 Å². The first-order valence-electron chi connectivity index (χ1n) is 5.53. The number of hydrogen-bond acceptors (Lipinski definition) is 2. The van der Waals surface area contributed by atoms with Crippen molar-refractivity contribution < 1.29 is 13.5 Å². The van der Waals surface area contributed by atoms with Crippen LogP contribution in [0.1, 0.15) is 5.56 Å². The van der Waals surface area contributed by atoms with Crippen molar-refractivity contribution in [3.63, 3.8) is 0 Å². The summed E-state index contributed by atoms with van der Waals surface area (Å²) < 4.78 is 32.3. The lowest BCUT2D eigenvalue weighted by atomic mass is 10.1. The molecule has 1 atom stereocenters. The van der Waals surface area contributed by atoms with Crippen LogP contribution in [0.15, 0.2) is 18.2 Å². The third-order valence-electron chi connectivity index (χ3n) is 2.95. The lowest BCUT2D eigenvalue weighted by molar-refractivity contribution is -0.00394. The molecule has 0 saturated carbocycles. The fourth-order valence-electron chi connectivity index (χ4n) is 1.93. The van der Waals surface area contributed by atoms with Crippen LogP contribution < -0.4 is 0 Å². The number of rotatable bonds is 3. The summed E-state index contributed by atoms with van der Waals surface area (Å²) in [5.41, 5.74) is 0.101. The van der Waals surface area contributed by atoms with Gasteiger partial charge >= 0.3 is 0 Å². The minimum absolute atomic E-state index is 0.0180. The Morgan fingerprint density at radius 2 is 2.06 bits per heavy atom. The van der Waals surface area contributed by atoms with E-state index in [4.69, 9.17) is 16.3 Å². The maximum atomic E-state index is 13.5. The van der Waals surface area contributed by atoms with Crippen LogP contribution in [-0.2, 0) is 11.3 Å². The van der Waals surface area contributed by atoms with Crippen molar-refractivity contribution >= 4 is 11.6 Å². The molecule has 0 spiro atoms. The monoisotopic (exact) mass is 261 g/mol. The third-order valence-corrected chi connectivity index (χ3v) is 3.31. The smallest absolute Gasteiger partial charge is 0.130 e. The molecule has 1 saturated heterocycles. The van der Waals surface area contributed by atoms with Gasteiger partial charge in [0.1, 0.15) is 11.6 Å². The third kappa shape index (κ3) is 2.94. The number of alkyl halides is 1. The molecule has 1 unspecified atom stereocenters. The summed E-state index contributed by atoms with van der Waals surface area (Å²) in [6.45, 7) is 1.97. The van der Waals surface area contributed by atoms with Gasteiger partial charge in [0.15, 0.2) is 0 Å². The van der Waals surface area contributed by atoms with Gasteiger partial charge < -0.3 is 4.74 Å². The van der Waals surface area contributed by atoms with Crippen molar-refractivity contribution in [2.75, 3.05) is 25.6 Å². The fourth-order valence-corrected chi connectivity index (χ4v) is 2.21. The number of benzene rings is 1. The van der Waals surface area contributed by atoms with E-state index in [-0.39, 0.29) is 18.2 Å². The molecule has 17 heavy (non-hydrogen) atoms. The zero-order valence-electron chi connectivity index (χ0n) is 9.33. The number of nitrogens with zero attached hydrogens (tertiary/aromatic N) is 1. The summed E-state index contributed by atoms with van der Waals surface area (Å²) in [4.78, 5) is 1.96. The van der Waals surface area contributed by atoms with Gasteiger partial charge in [0.05, 0.1) is 13.2 Å². The normalized spacial score (nSPS) is 21.7. The second-order valence-corrected chi connectivity index (χ2v) is 4.36. The van der Waals surface area contributed by atoms with Gasteiger partial charge in [-0.3, -0.25) is 4.90 Å². The Kier molecular flexibility index (Phi) is 4.31. The molecule has 1 heterocycles. The molecule has 94 valence electrons. The summed E-state index contributed by atoms with van der Waals surface area (Å²) in [6.07, 6.45) is 0. The number of morpholine rings is 1. The second-order valence-electron chi connectivity index (χ2n) is 4.05. The zero-order chi connectivity index (χ0) is 12.3. The Balaban J connectivity index is 2.13. The highest BCUT2D eigenvalue weighted by molar-refractivity contribution is 6.18. The summed E-state index contributed by atoms with van der Waals surface area (Å²) >= 11 is 5.81. The lowest BCUT2D eigenvalue weighted by Crippen LogP contribution is -2.46. The van der Waals surface area contributed by atoms with Gasteiger partial charge in [0.25, 0.3) is 0 Å². The predicted molar refractivity (Wildman–Crippen MR) is 62.1 cm³/mol. The summed E-state index contributed by atoms with van der Waals surface area (Å²) in [5, 5.41) is 0. The van der Waals surface area contributed by atoms with Crippen LogP contribution in [-0.4, -0.2) is 36.6 Å². The molecule has 5 heteroatoms. The Morgan fingerprint density at radius 1 is 1.35 bits per heavy atom. The van der Waals surface area contributed by atoms with Crippen LogP contribution in [0.25, 0.3) is 0 Å². The van der Waals surface area contributed by atoms with E-state index in [0.717, 1.165) is 0 Å². The molecular formula is C12H14ClF2NO. The molecule has 1 fully saturated rings. The number of halogens is 3. The van der Waals surface area contributed by atoms with Crippen molar-refractivity contribution in [3.05, 3.63) is 35.4 Å². The van der Waals surface area contributed by atoms with Crippen molar-refractivity contribution in [2.24, 2.45) is 0 Å². The lowest BCUT2D eigenvalue weighted by Gasteiger charge is -2.34. The molecule has 0 radical (unpaired) electrons. The van der Waals surface area contributed by atoms with Crippen LogP contribution in [0.4, 0.5) is 8.78 Å². The minimum Gasteiger partial charge on any atom is -0.378 e. The highest BCUT2D eigenvalue weighted by Gasteiger charge is 2.24. The second kappa shape index (κ2) is 5.76. The maximum Gasteiger partial charge on any atom is 0.130 e. The molecular weight excluding hydrogens is 248 g/mol. The van der Waals surface area contributed by atoms with Crippen LogP contribution in [0, 0.1) is 11.6 Å². The quantitative estimate of drug-likeness (QED) is 0.775. The van der Waals surface area contributed by atoms with Gasteiger partial charge in [-0.1, -0.05) is 6.07 Å². The van der Waals surface area contributed by atoms with Crippen LogP contribution in [0.2, 0.25) is 0 Å². The SMILES string of the molecule is Fc1cccc(F)c1CN1CCOCC1CCl. The van der Waals surface area contributed by atoms with E-state index in [0.29, 0.717) is 25.6 Å². The average Bonchev–Trinajstić information content (AvgIpc) is 2.34. The molecule has 0 bridgehead atoms. The van der Waals surface area contributed by atoms with Gasteiger partial charge in [0, 0.05) is 30.6 Å². The van der Waals surface area contributed by atoms with E-state index in [2.05, 4.69) is 0 Å². The first kappa shape index (κ1) is 12.7. The van der Waals surface area contributed by atoms with E-state index in [1.807, 2.05) is 4.90 Å². The molecule has 0 amide bonds. The molecule has 0 aromatic heterocycles. The molecule has 2 rings (SSSR count).